The number of nitrogens with zero attached hydrogens (tertiary/aromatic N) is 1. The summed E-state index contributed by atoms with van der Waals surface area (Å²) in [5.74, 6) is -0.233. The highest BCUT2D eigenvalue weighted by atomic mass is 16.2. The van der Waals surface area contributed by atoms with Crippen molar-refractivity contribution in [3.8, 4) is 0 Å². The standard InChI is InChI=1S/C17H19N5O2/c1-10-14(13-5-3-4-6-15(13)19-10)9-18-21-16(23)8-7-12-11(2)20-22-17(12)24/h3-6,9,19H,7-8H2,1-2H3,(H,21,23)(H2,20,22,24)/b18-9-. The second-order valence-corrected chi connectivity index (χ2v) is 5.69. The molecule has 1 amide bonds. The number of aromatic nitrogens is 3. The maximum absolute atomic E-state index is 11.9. The summed E-state index contributed by atoms with van der Waals surface area (Å²) in [4.78, 5) is 26.7. The number of nitrogens with one attached hydrogen (secondary N) is 4. The van der Waals surface area contributed by atoms with Crippen molar-refractivity contribution >= 4 is 23.0 Å². The molecule has 0 spiro atoms. The maximum atomic E-state index is 11.9. The third-order valence-electron chi connectivity index (χ3n) is 4.02. The number of hydrazone groups is 1. The molecule has 1 aromatic carbocycles. The topological polar surface area (TPSA) is 106 Å². The maximum Gasteiger partial charge on any atom is 0.267 e. The molecule has 0 radical (unpaired) electrons. The molecule has 24 heavy (non-hydrogen) atoms. The highest BCUT2D eigenvalue weighted by molar-refractivity contribution is 6.00. The van der Waals surface area contributed by atoms with Crippen LogP contribution in [0.4, 0.5) is 0 Å². The summed E-state index contributed by atoms with van der Waals surface area (Å²) in [6.07, 6.45) is 2.21. The lowest BCUT2D eigenvalue weighted by Gasteiger charge is -1.99. The van der Waals surface area contributed by atoms with Crippen molar-refractivity contribution < 1.29 is 4.79 Å². The molecule has 3 rings (SSSR count). The Bertz CT molecular complexity index is 961. The van der Waals surface area contributed by atoms with Crippen LogP contribution in [0, 0.1) is 13.8 Å². The number of hydrogen-bond donors (Lipinski definition) is 4. The monoisotopic (exact) mass is 325 g/mol. The Morgan fingerprint density at radius 2 is 2.00 bits per heavy atom. The zero-order chi connectivity index (χ0) is 17.1. The molecule has 0 aliphatic rings. The van der Waals surface area contributed by atoms with Gasteiger partial charge in [-0.3, -0.25) is 14.7 Å². The van der Waals surface area contributed by atoms with E-state index < -0.39 is 0 Å². The zero-order valence-electron chi connectivity index (χ0n) is 13.6. The van der Waals surface area contributed by atoms with Gasteiger partial charge in [-0.2, -0.15) is 5.10 Å². The second kappa shape index (κ2) is 6.57. The first-order valence-electron chi connectivity index (χ1n) is 7.71. The normalized spacial score (nSPS) is 11.4. The number of amides is 1. The van der Waals surface area contributed by atoms with E-state index in [2.05, 4.69) is 25.7 Å². The summed E-state index contributed by atoms with van der Waals surface area (Å²) in [5, 5.41) is 10.3. The van der Waals surface area contributed by atoms with Gasteiger partial charge in [-0.25, -0.2) is 5.43 Å². The zero-order valence-corrected chi connectivity index (χ0v) is 13.6. The summed E-state index contributed by atoms with van der Waals surface area (Å²) in [6.45, 7) is 3.76. The fraction of sp³-hybridized carbons (Fsp3) is 0.235. The molecule has 0 saturated carbocycles. The van der Waals surface area contributed by atoms with E-state index in [0.29, 0.717) is 12.0 Å². The molecule has 7 heteroatoms. The van der Waals surface area contributed by atoms with Gasteiger partial charge in [0.2, 0.25) is 5.91 Å². The highest BCUT2D eigenvalue weighted by Crippen LogP contribution is 2.19. The van der Waals surface area contributed by atoms with Gasteiger partial charge in [-0.15, -0.1) is 0 Å². The average Bonchev–Trinajstić information content (AvgIpc) is 3.05. The van der Waals surface area contributed by atoms with E-state index >= 15 is 0 Å². The highest BCUT2D eigenvalue weighted by Gasteiger charge is 2.09. The van der Waals surface area contributed by atoms with Crippen molar-refractivity contribution in [3.63, 3.8) is 0 Å². The van der Waals surface area contributed by atoms with Crippen LogP contribution in [0.3, 0.4) is 0 Å². The largest absolute Gasteiger partial charge is 0.358 e. The Balaban J connectivity index is 1.62. The first-order valence-corrected chi connectivity index (χ1v) is 7.71. The van der Waals surface area contributed by atoms with E-state index in [0.717, 1.165) is 27.9 Å². The number of para-hydroxylation sites is 1. The van der Waals surface area contributed by atoms with Crippen LogP contribution in [0.25, 0.3) is 10.9 Å². The van der Waals surface area contributed by atoms with Gasteiger partial charge in [-0.05, 0) is 26.3 Å². The summed E-state index contributed by atoms with van der Waals surface area (Å²) in [5.41, 5.74) is 6.65. The van der Waals surface area contributed by atoms with Crippen LogP contribution in [0.5, 0.6) is 0 Å². The summed E-state index contributed by atoms with van der Waals surface area (Å²) in [7, 11) is 0. The van der Waals surface area contributed by atoms with E-state index in [1.165, 1.54) is 0 Å². The fourth-order valence-electron chi connectivity index (χ4n) is 2.70. The van der Waals surface area contributed by atoms with E-state index in [9.17, 15) is 9.59 Å². The van der Waals surface area contributed by atoms with Gasteiger partial charge in [0.25, 0.3) is 5.56 Å². The minimum Gasteiger partial charge on any atom is -0.358 e. The number of fused-ring (bicyclic) bond motifs is 1. The molecule has 0 aliphatic carbocycles. The van der Waals surface area contributed by atoms with Crippen LogP contribution in [0.2, 0.25) is 0 Å². The van der Waals surface area contributed by atoms with Crippen molar-refractivity contribution in [2.24, 2.45) is 5.10 Å². The number of benzene rings is 1. The van der Waals surface area contributed by atoms with Crippen LogP contribution >= 0.6 is 0 Å². The molecule has 124 valence electrons. The minimum absolute atomic E-state index is 0.182. The predicted molar refractivity (Wildman–Crippen MR) is 93.2 cm³/mol. The summed E-state index contributed by atoms with van der Waals surface area (Å²) in [6, 6.07) is 7.92. The molecule has 0 atom stereocenters. The molecular formula is C17H19N5O2. The smallest absolute Gasteiger partial charge is 0.267 e. The number of hydrogen-bond acceptors (Lipinski definition) is 3. The Labute approximate surface area is 138 Å². The number of rotatable bonds is 5. The summed E-state index contributed by atoms with van der Waals surface area (Å²) >= 11 is 0. The van der Waals surface area contributed by atoms with Crippen molar-refractivity contribution in [1.82, 2.24) is 20.6 Å². The van der Waals surface area contributed by atoms with Gasteiger partial charge >= 0.3 is 0 Å². The van der Waals surface area contributed by atoms with E-state index in [-0.39, 0.29) is 17.9 Å². The third kappa shape index (κ3) is 3.15. The van der Waals surface area contributed by atoms with Gasteiger partial charge < -0.3 is 10.1 Å². The molecular weight excluding hydrogens is 306 g/mol. The second-order valence-electron chi connectivity index (χ2n) is 5.69. The number of carbonyl (C=O) groups is 1. The van der Waals surface area contributed by atoms with Crippen LogP contribution < -0.4 is 11.0 Å². The first kappa shape index (κ1) is 15.8. The van der Waals surface area contributed by atoms with Crippen LogP contribution in [0.15, 0.2) is 34.2 Å². The number of aromatic amines is 3. The molecule has 0 bridgehead atoms. The predicted octanol–water partition coefficient (Wildman–Crippen LogP) is 1.88. The van der Waals surface area contributed by atoms with Gasteiger partial charge in [-0.1, -0.05) is 18.2 Å². The van der Waals surface area contributed by atoms with Gasteiger partial charge in [0.15, 0.2) is 0 Å². The lowest BCUT2D eigenvalue weighted by molar-refractivity contribution is -0.121. The number of H-pyrrole nitrogens is 3. The Morgan fingerprint density at radius 3 is 2.75 bits per heavy atom. The molecule has 0 fully saturated rings. The van der Waals surface area contributed by atoms with Crippen molar-refractivity contribution in [1.29, 1.82) is 0 Å². The molecule has 2 heterocycles. The van der Waals surface area contributed by atoms with Gasteiger partial charge in [0, 0.05) is 39.8 Å². The van der Waals surface area contributed by atoms with Crippen molar-refractivity contribution in [2.75, 3.05) is 0 Å². The lowest BCUT2D eigenvalue weighted by atomic mass is 10.1. The van der Waals surface area contributed by atoms with E-state index in [4.69, 9.17) is 0 Å². The molecule has 0 unspecified atom stereocenters. The first-order chi connectivity index (χ1) is 11.6. The summed E-state index contributed by atoms with van der Waals surface area (Å²) < 4.78 is 0. The van der Waals surface area contributed by atoms with Gasteiger partial charge in [0.1, 0.15) is 0 Å². The van der Waals surface area contributed by atoms with Crippen LogP contribution in [-0.4, -0.2) is 27.3 Å². The Kier molecular flexibility index (Phi) is 4.33. The molecule has 7 nitrogen and oxygen atoms in total. The number of aryl methyl sites for hydroxylation is 2. The van der Waals surface area contributed by atoms with Crippen LogP contribution in [-0.2, 0) is 11.2 Å². The molecule has 0 saturated heterocycles. The van der Waals surface area contributed by atoms with Crippen LogP contribution in [0.1, 0.15) is 28.9 Å². The van der Waals surface area contributed by atoms with E-state index in [1.807, 2.05) is 31.2 Å². The average molecular weight is 325 g/mol. The third-order valence-corrected chi connectivity index (χ3v) is 4.02. The Morgan fingerprint density at radius 1 is 1.21 bits per heavy atom. The fourth-order valence-corrected chi connectivity index (χ4v) is 2.70. The SMILES string of the molecule is Cc1[nH][nH]c(=O)c1CCC(=O)N/N=C\c1c(C)[nH]c2ccccc12. The quantitative estimate of drug-likeness (QED) is 0.425. The minimum atomic E-state index is -0.233. The molecule has 4 N–H and O–H groups in total. The van der Waals surface area contributed by atoms with Gasteiger partial charge in [0.05, 0.1) is 6.21 Å². The van der Waals surface area contributed by atoms with Crippen molar-refractivity contribution in [2.45, 2.75) is 26.7 Å². The Hall–Kier alpha value is -3.09. The molecule has 2 aromatic heterocycles. The van der Waals surface area contributed by atoms with E-state index in [1.54, 1.807) is 13.1 Å². The van der Waals surface area contributed by atoms with Crippen molar-refractivity contribution in [3.05, 3.63) is 57.1 Å². The molecule has 3 aromatic rings. The molecule has 0 aliphatic heterocycles. The number of carbonyl (C=O) groups excluding carboxylic acids is 1. The lowest BCUT2D eigenvalue weighted by Crippen LogP contribution is -2.19.